The van der Waals surface area contributed by atoms with E-state index in [1.807, 2.05) is 13.8 Å². The van der Waals surface area contributed by atoms with E-state index in [0.717, 1.165) is 17.8 Å². The second kappa shape index (κ2) is 6.51. The van der Waals surface area contributed by atoms with Gasteiger partial charge in [-0.2, -0.15) is 0 Å². The van der Waals surface area contributed by atoms with Gasteiger partial charge in [0.25, 0.3) is 0 Å². The first-order valence-corrected chi connectivity index (χ1v) is 5.77. The molecule has 0 aromatic heterocycles. The molecule has 12 heavy (non-hydrogen) atoms. The van der Waals surface area contributed by atoms with Gasteiger partial charge in [-0.1, -0.05) is 47.5 Å². The zero-order valence-electron chi connectivity index (χ0n) is 9.56. The maximum atomic E-state index is 2.37. The normalized spacial score (nSPS) is 27.5. The number of hydrogen-bond donors (Lipinski definition) is 0. The standard InChI is InChI=1S/C10H20.C2H6/c1-4-9(5-2)10-6-8(3)7-10;1-2/h8-10H,4-7H2,1-3H3;1-2H3. The molecule has 0 unspecified atom stereocenters. The molecule has 74 valence electrons. The summed E-state index contributed by atoms with van der Waals surface area (Å²) in [4.78, 5) is 0. The summed E-state index contributed by atoms with van der Waals surface area (Å²) in [7, 11) is 0. The van der Waals surface area contributed by atoms with Crippen LogP contribution in [0.25, 0.3) is 0 Å². The van der Waals surface area contributed by atoms with Gasteiger partial charge in [-0.05, 0) is 30.6 Å². The predicted octanol–water partition coefficient (Wildman–Crippen LogP) is 4.49. The van der Waals surface area contributed by atoms with Crippen molar-refractivity contribution in [2.24, 2.45) is 17.8 Å². The molecule has 0 saturated heterocycles. The van der Waals surface area contributed by atoms with Crippen LogP contribution < -0.4 is 0 Å². The predicted molar refractivity (Wildman–Crippen MR) is 57.3 cm³/mol. The Bertz CT molecular complexity index is 86.2. The van der Waals surface area contributed by atoms with Crippen LogP contribution in [0.2, 0.25) is 0 Å². The molecule has 0 heteroatoms. The Hall–Kier alpha value is 0. The molecule has 0 aromatic rings. The van der Waals surface area contributed by atoms with Gasteiger partial charge in [0.2, 0.25) is 0 Å². The summed E-state index contributed by atoms with van der Waals surface area (Å²) in [6.07, 6.45) is 5.81. The molecule has 1 aliphatic carbocycles. The summed E-state index contributed by atoms with van der Waals surface area (Å²) in [5.41, 5.74) is 0. The van der Waals surface area contributed by atoms with E-state index < -0.39 is 0 Å². The Morgan fingerprint density at radius 3 is 1.75 bits per heavy atom. The largest absolute Gasteiger partial charge is 0.0683 e. The van der Waals surface area contributed by atoms with Gasteiger partial charge in [0.1, 0.15) is 0 Å². The van der Waals surface area contributed by atoms with Crippen molar-refractivity contribution in [2.75, 3.05) is 0 Å². The van der Waals surface area contributed by atoms with Crippen LogP contribution in [-0.4, -0.2) is 0 Å². The van der Waals surface area contributed by atoms with Crippen LogP contribution >= 0.6 is 0 Å². The van der Waals surface area contributed by atoms with Crippen molar-refractivity contribution in [3.63, 3.8) is 0 Å². The van der Waals surface area contributed by atoms with Gasteiger partial charge in [0.15, 0.2) is 0 Å². The van der Waals surface area contributed by atoms with E-state index in [0.29, 0.717) is 0 Å². The van der Waals surface area contributed by atoms with Crippen LogP contribution in [0.3, 0.4) is 0 Å². The van der Waals surface area contributed by atoms with E-state index >= 15 is 0 Å². The molecule has 1 saturated carbocycles. The molecule has 0 bridgehead atoms. The lowest BCUT2D eigenvalue weighted by molar-refractivity contribution is 0.130. The SMILES string of the molecule is CC.CCC(CC)C1CC(C)C1. The monoisotopic (exact) mass is 170 g/mol. The Morgan fingerprint density at radius 2 is 1.50 bits per heavy atom. The molecular weight excluding hydrogens is 144 g/mol. The van der Waals surface area contributed by atoms with Gasteiger partial charge in [0, 0.05) is 0 Å². The van der Waals surface area contributed by atoms with Crippen molar-refractivity contribution in [3.8, 4) is 0 Å². The molecule has 0 nitrogen and oxygen atoms in total. The van der Waals surface area contributed by atoms with Gasteiger partial charge in [-0.15, -0.1) is 0 Å². The van der Waals surface area contributed by atoms with Gasteiger partial charge >= 0.3 is 0 Å². The molecule has 0 aromatic carbocycles. The minimum Gasteiger partial charge on any atom is -0.0683 e. The average Bonchev–Trinajstić information content (AvgIpc) is 2.07. The lowest BCUT2D eigenvalue weighted by atomic mass is 9.68. The zero-order chi connectivity index (χ0) is 9.56. The first kappa shape index (κ1) is 12.0. The third-order valence-corrected chi connectivity index (χ3v) is 3.13. The quantitative estimate of drug-likeness (QED) is 0.585. The molecule has 0 spiro atoms. The fourth-order valence-electron chi connectivity index (χ4n) is 2.30. The first-order chi connectivity index (χ1) is 5.77. The Balaban J connectivity index is 0.000000561. The molecule has 0 atom stereocenters. The second-order valence-corrected chi connectivity index (χ2v) is 3.91. The second-order valence-electron chi connectivity index (χ2n) is 3.91. The summed E-state index contributed by atoms with van der Waals surface area (Å²) >= 11 is 0. The van der Waals surface area contributed by atoms with Crippen LogP contribution in [0, 0.1) is 17.8 Å². The van der Waals surface area contributed by atoms with E-state index in [2.05, 4.69) is 20.8 Å². The van der Waals surface area contributed by atoms with Gasteiger partial charge < -0.3 is 0 Å². The van der Waals surface area contributed by atoms with Crippen molar-refractivity contribution in [1.29, 1.82) is 0 Å². The van der Waals surface area contributed by atoms with Crippen LogP contribution in [0.4, 0.5) is 0 Å². The molecule has 1 fully saturated rings. The molecule has 1 aliphatic rings. The molecule has 0 aliphatic heterocycles. The fourth-order valence-corrected chi connectivity index (χ4v) is 2.30. The van der Waals surface area contributed by atoms with E-state index in [9.17, 15) is 0 Å². The smallest absolute Gasteiger partial charge is 0.0381 e. The molecule has 1 rings (SSSR count). The van der Waals surface area contributed by atoms with Crippen molar-refractivity contribution < 1.29 is 0 Å². The fraction of sp³-hybridized carbons (Fsp3) is 1.00. The highest BCUT2D eigenvalue weighted by Gasteiger charge is 2.29. The topological polar surface area (TPSA) is 0 Å². The lowest BCUT2D eigenvalue weighted by Crippen LogP contribution is -2.27. The van der Waals surface area contributed by atoms with E-state index in [4.69, 9.17) is 0 Å². The van der Waals surface area contributed by atoms with E-state index in [-0.39, 0.29) is 0 Å². The molecular formula is C12H26. The Kier molecular flexibility index (Phi) is 6.51. The van der Waals surface area contributed by atoms with Gasteiger partial charge in [-0.25, -0.2) is 0 Å². The molecule has 0 radical (unpaired) electrons. The Morgan fingerprint density at radius 1 is 1.08 bits per heavy atom. The van der Waals surface area contributed by atoms with Gasteiger partial charge in [0.05, 0.1) is 0 Å². The summed E-state index contributed by atoms with van der Waals surface area (Å²) in [6, 6.07) is 0. The Labute approximate surface area is 78.8 Å². The van der Waals surface area contributed by atoms with Crippen molar-refractivity contribution in [2.45, 2.75) is 60.3 Å². The van der Waals surface area contributed by atoms with Crippen molar-refractivity contribution >= 4 is 0 Å². The molecule has 0 heterocycles. The van der Waals surface area contributed by atoms with Crippen LogP contribution in [0.15, 0.2) is 0 Å². The summed E-state index contributed by atoms with van der Waals surface area (Å²) in [6.45, 7) is 11.0. The zero-order valence-corrected chi connectivity index (χ0v) is 9.56. The number of hydrogen-bond acceptors (Lipinski definition) is 0. The molecule has 0 amide bonds. The highest BCUT2D eigenvalue weighted by Crippen LogP contribution is 2.40. The minimum atomic E-state index is 1.03. The van der Waals surface area contributed by atoms with Crippen molar-refractivity contribution in [1.82, 2.24) is 0 Å². The summed E-state index contributed by atoms with van der Waals surface area (Å²) in [5, 5.41) is 0. The molecule has 0 N–H and O–H groups in total. The first-order valence-electron chi connectivity index (χ1n) is 5.77. The average molecular weight is 170 g/mol. The minimum absolute atomic E-state index is 1.03. The third kappa shape index (κ3) is 3.16. The maximum Gasteiger partial charge on any atom is -0.0381 e. The van der Waals surface area contributed by atoms with Gasteiger partial charge in [-0.3, -0.25) is 0 Å². The number of rotatable bonds is 3. The van der Waals surface area contributed by atoms with Crippen molar-refractivity contribution in [3.05, 3.63) is 0 Å². The lowest BCUT2D eigenvalue weighted by Gasteiger charge is -2.38. The maximum absolute atomic E-state index is 2.37. The van der Waals surface area contributed by atoms with E-state index in [1.54, 1.807) is 0 Å². The highest BCUT2D eigenvalue weighted by atomic mass is 14.4. The summed E-state index contributed by atoms with van der Waals surface area (Å²) < 4.78 is 0. The highest BCUT2D eigenvalue weighted by molar-refractivity contribution is 4.80. The van der Waals surface area contributed by atoms with E-state index in [1.165, 1.54) is 25.7 Å². The van der Waals surface area contributed by atoms with Crippen LogP contribution in [0.5, 0.6) is 0 Å². The van der Waals surface area contributed by atoms with Crippen LogP contribution in [0.1, 0.15) is 60.3 Å². The third-order valence-electron chi connectivity index (χ3n) is 3.13. The van der Waals surface area contributed by atoms with Crippen LogP contribution in [-0.2, 0) is 0 Å². The summed E-state index contributed by atoms with van der Waals surface area (Å²) in [5.74, 6) is 3.16.